The van der Waals surface area contributed by atoms with Gasteiger partial charge in [-0.1, -0.05) is 0 Å². The topological polar surface area (TPSA) is 118 Å². The summed E-state index contributed by atoms with van der Waals surface area (Å²) in [6, 6.07) is 8.87. The molecule has 1 aromatic carbocycles. The van der Waals surface area contributed by atoms with Crippen LogP contribution in [0.5, 0.6) is 5.75 Å². The predicted molar refractivity (Wildman–Crippen MR) is 110 cm³/mol. The molecule has 1 aromatic rings. The fourth-order valence-electron chi connectivity index (χ4n) is 4.18. The van der Waals surface area contributed by atoms with Crippen LogP contribution in [0.1, 0.15) is 32.3 Å². The fraction of sp³-hybridized carbons (Fsp3) is 0.571. The van der Waals surface area contributed by atoms with Crippen molar-refractivity contribution in [1.29, 1.82) is 5.26 Å². The van der Waals surface area contributed by atoms with Gasteiger partial charge in [-0.15, -0.1) is 0 Å². The molecule has 9 nitrogen and oxygen atoms in total. The van der Waals surface area contributed by atoms with Crippen molar-refractivity contribution in [3.05, 3.63) is 29.8 Å². The molecular formula is C21H29N5O4. The molecule has 2 aliphatic heterocycles. The number of nitrogens with zero attached hydrogens (tertiary/aromatic N) is 3. The van der Waals surface area contributed by atoms with Gasteiger partial charge < -0.3 is 25.4 Å². The van der Waals surface area contributed by atoms with Gasteiger partial charge in [-0.25, -0.2) is 9.59 Å². The van der Waals surface area contributed by atoms with E-state index in [4.69, 9.17) is 10.00 Å². The number of hydrogen-bond donors (Lipinski definition) is 3. The number of fused-ring (bicyclic) bond motifs is 2. The SMILES string of the molecule is CC(C)NC(=O)N1CC2CCC(C1)N2C[C@@H](COc1ccc(C#N)cc1)NC(=O)O. The highest BCUT2D eigenvalue weighted by atomic mass is 16.5. The molecule has 9 heteroatoms. The lowest BCUT2D eigenvalue weighted by atomic mass is 10.1. The van der Waals surface area contributed by atoms with Crippen LogP contribution in [-0.2, 0) is 0 Å². The van der Waals surface area contributed by atoms with Gasteiger partial charge >= 0.3 is 12.1 Å². The number of ether oxygens (including phenoxy) is 1. The van der Waals surface area contributed by atoms with Gasteiger partial charge in [0.15, 0.2) is 0 Å². The first-order valence-electron chi connectivity index (χ1n) is 10.3. The van der Waals surface area contributed by atoms with Gasteiger partial charge in [0.2, 0.25) is 0 Å². The van der Waals surface area contributed by atoms with Crippen LogP contribution >= 0.6 is 0 Å². The summed E-state index contributed by atoms with van der Waals surface area (Å²) in [5, 5.41) is 23.6. The first-order chi connectivity index (χ1) is 14.4. The third-order valence-corrected chi connectivity index (χ3v) is 5.53. The Bertz CT molecular complexity index is 778. The lowest BCUT2D eigenvalue weighted by Gasteiger charge is -2.42. The van der Waals surface area contributed by atoms with Crippen LogP contribution in [-0.4, -0.2) is 77.4 Å². The summed E-state index contributed by atoms with van der Waals surface area (Å²) >= 11 is 0. The highest BCUT2D eigenvalue weighted by molar-refractivity contribution is 5.74. The number of nitrogens with one attached hydrogen (secondary N) is 2. The van der Waals surface area contributed by atoms with E-state index < -0.39 is 12.1 Å². The van der Waals surface area contributed by atoms with Crippen molar-refractivity contribution in [3.63, 3.8) is 0 Å². The number of hydrogen-bond acceptors (Lipinski definition) is 5. The minimum atomic E-state index is -1.09. The molecule has 2 unspecified atom stereocenters. The van der Waals surface area contributed by atoms with E-state index >= 15 is 0 Å². The second-order valence-electron chi connectivity index (χ2n) is 8.18. The predicted octanol–water partition coefficient (Wildman–Crippen LogP) is 1.84. The summed E-state index contributed by atoms with van der Waals surface area (Å²) in [5.41, 5.74) is 0.540. The zero-order valence-electron chi connectivity index (χ0n) is 17.4. The molecule has 162 valence electrons. The van der Waals surface area contributed by atoms with E-state index in [1.54, 1.807) is 24.3 Å². The fourth-order valence-corrected chi connectivity index (χ4v) is 4.18. The number of piperazine rings is 1. The number of benzene rings is 1. The lowest BCUT2D eigenvalue weighted by Crippen LogP contribution is -2.60. The first-order valence-corrected chi connectivity index (χ1v) is 10.3. The smallest absolute Gasteiger partial charge is 0.405 e. The average Bonchev–Trinajstić information content (AvgIpc) is 2.92. The maximum Gasteiger partial charge on any atom is 0.405 e. The van der Waals surface area contributed by atoms with Crippen LogP contribution in [0.4, 0.5) is 9.59 Å². The van der Waals surface area contributed by atoms with Gasteiger partial charge in [0.1, 0.15) is 12.4 Å². The summed E-state index contributed by atoms with van der Waals surface area (Å²) in [5.74, 6) is 0.587. The van der Waals surface area contributed by atoms with Gasteiger partial charge in [0.25, 0.3) is 0 Å². The summed E-state index contributed by atoms with van der Waals surface area (Å²) in [4.78, 5) is 27.8. The minimum absolute atomic E-state index is 0.0362. The Morgan fingerprint density at radius 3 is 2.37 bits per heavy atom. The third-order valence-electron chi connectivity index (χ3n) is 5.53. The van der Waals surface area contributed by atoms with Crippen LogP contribution < -0.4 is 15.4 Å². The Morgan fingerprint density at radius 2 is 1.83 bits per heavy atom. The van der Waals surface area contributed by atoms with Crippen molar-refractivity contribution >= 4 is 12.1 Å². The number of carbonyl (C=O) groups is 2. The van der Waals surface area contributed by atoms with Crippen molar-refractivity contribution in [2.24, 2.45) is 0 Å². The van der Waals surface area contributed by atoms with Gasteiger partial charge in [-0.05, 0) is 51.0 Å². The van der Waals surface area contributed by atoms with Crippen molar-refractivity contribution in [2.45, 2.75) is 50.9 Å². The number of amides is 3. The van der Waals surface area contributed by atoms with Crippen molar-refractivity contribution in [3.8, 4) is 11.8 Å². The number of nitriles is 1. The molecule has 2 saturated heterocycles. The summed E-state index contributed by atoms with van der Waals surface area (Å²) in [6.45, 7) is 5.89. The summed E-state index contributed by atoms with van der Waals surface area (Å²) in [7, 11) is 0. The Kier molecular flexibility index (Phi) is 7.00. The van der Waals surface area contributed by atoms with Crippen LogP contribution in [0.15, 0.2) is 24.3 Å². The number of carbonyl (C=O) groups excluding carboxylic acids is 1. The molecule has 3 amide bonds. The molecule has 3 rings (SSSR count). The molecule has 30 heavy (non-hydrogen) atoms. The van der Waals surface area contributed by atoms with Crippen LogP contribution in [0, 0.1) is 11.3 Å². The van der Waals surface area contributed by atoms with Crippen LogP contribution in [0.3, 0.4) is 0 Å². The van der Waals surface area contributed by atoms with E-state index in [0.29, 0.717) is 30.9 Å². The van der Waals surface area contributed by atoms with Crippen molar-refractivity contribution < 1.29 is 19.4 Å². The molecule has 0 spiro atoms. The van der Waals surface area contributed by atoms with Gasteiger partial charge in [0, 0.05) is 37.8 Å². The highest BCUT2D eigenvalue weighted by Gasteiger charge is 2.42. The molecule has 0 radical (unpaired) electrons. The maximum absolute atomic E-state index is 12.4. The van der Waals surface area contributed by atoms with Crippen LogP contribution in [0.25, 0.3) is 0 Å². The monoisotopic (exact) mass is 415 g/mol. The molecule has 3 atom stereocenters. The first kappa shape index (κ1) is 21.7. The summed E-state index contributed by atoms with van der Waals surface area (Å²) in [6.07, 6.45) is 0.893. The van der Waals surface area contributed by atoms with E-state index in [-0.39, 0.29) is 30.8 Å². The maximum atomic E-state index is 12.4. The molecule has 2 bridgehead atoms. The average molecular weight is 415 g/mol. The van der Waals surface area contributed by atoms with E-state index in [9.17, 15) is 14.7 Å². The Morgan fingerprint density at radius 1 is 1.20 bits per heavy atom. The van der Waals surface area contributed by atoms with Gasteiger partial charge in [-0.3, -0.25) is 4.90 Å². The lowest BCUT2D eigenvalue weighted by molar-refractivity contribution is 0.0673. The van der Waals surface area contributed by atoms with E-state index in [2.05, 4.69) is 21.6 Å². The largest absolute Gasteiger partial charge is 0.491 e. The van der Waals surface area contributed by atoms with E-state index in [0.717, 1.165) is 12.8 Å². The number of likely N-dealkylation sites (tertiary alicyclic amines) is 1. The van der Waals surface area contributed by atoms with Gasteiger partial charge in [-0.2, -0.15) is 5.26 Å². The highest BCUT2D eigenvalue weighted by Crippen LogP contribution is 2.30. The zero-order chi connectivity index (χ0) is 21.7. The Balaban J connectivity index is 1.59. The molecule has 3 N–H and O–H groups in total. The standard InChI is InChI=1S/C21H29N5O4/c1-14(2)23-20(27)25-11-17-5-6-18(12-25)26(17)10-16(24-21(28)29)13-30-19-7-3-15(9-22)4-8-19/h3-4,7-8,14,16-18,24H,5-6,10-13H2,1-2H3,(H,23,27)(H,28,29)/t16-,17?,18?/m0/s1. The Hall–Kier alpha value is -2.99. The Labute approximate surface area is 176 Å². The second kappa shape index (κ2) is 9.67. The third kappa shape index (κ3) is 5.54. The van der Waals surface area contributed by atoms with Crippen molar-refractivity contribution in [2.75, 3.05) is 26.2 Å². The normalized spacial score (nSPS) is 21.7. The van der Waals surface area contributed by atoms with Gasteiger partial charge in [0.05, 0.1) is 17.7 Å². The number of rotatable bonds is 7. The second-order valence-corrected chi connectivity index (χ2v) is 8.18. The summed E-state index contributed by atoms with van der Waals surface area (Å²) < 4.78 is 5.77. The van der Waals surface area contributed by atoms with Crippen LogP contribution in [0.2, 0.25) is 0 Å². The molecule has 0 saturated carbocycles. The zero-order valence-corrected chi connectivity index (χ0v) is 17.4. The minimum Gasteiger partial charge on any atom is -0.491 e. The molecule has 0 aliphatic carbocycles. The number of carboxylic acid groups (broad SMARTS) is 1. The molecule has 2 aliphatic rings. The molecular weight excluding hydrogens is 386 g/mol. The van der Waals surface area contributed by atoms with E-state index in [1.165, 1.54) is 0 Å². The molecule has 0 aromatic heterocycles. The number of urea groups is 1. The molecule has 2 fully saturated rings. The molecule has 2 heterocycles. The van der Waals surface area contributed by atoms with Crippen molar-refractivity contribution in [1.82, 2.24) is 20.4 Å². The quantitative estimate of drug-likeness (QED) is 0.625. The van der Waals surface area contributed by atoms with E-state index in [1.807, 2.05) is 18.7 Å².